The molecule has 8 nitrogen and oxygen atoms in total. The topological polar surface area (TPSA) is 128 Å². The molecule has 28 heavy (non-hydrogen) atoms. The molecule has 1 aliphatic heterocycles. The number of oxime groups is 1. The predicted molar refractivity (Wildman–Crippen MR) is 107 cm³/mol. The number of hydrogen-bond donors (Lipinski definition) is 4. The highest BCUT2D eigenvalue weighted by Gasteiger charge is 2.37. The van der Waals surface area contributed by atoms with Crippen LogP contribution >= 0.6 is 0 Å². The average molecular weight is 397 g/mol. The van der Waals surface area contributed by atoms with Gasteiger partial charge in [0.15, 0.2) is 0 Å². The second-order valence-corrected chi connectivity index (χ2v) is 9.46. The molecular formula is C20H36N4O4. The van der Waals surface area contributed by atoms with Crippen molar-refractivity contribution < 1.29 is 19.9 Å². The summed E-state index contributed by atoms with van der Waals surface area (Å²) in [7, 11) is 0. The lowest BCUT2D eigenvalue weighted by Crippen LogP contribution is -2.50. The Morgan fingerprint density at radius 3 is 2.43 bits per heavy atom. The molecule has 0 bridgehead atoms. The van der Waals surface area contributed by atoms with Crippen LogP contribution in [-0.4, -0.2) is 58.1 Å². The number of nitrogens with two attached hydrogens (primary N) is 1. The molecule has 2 aliphatic rings. The number of likely N-dealkylation sites (tertiary alicyclic amines) is 1. The van der Waals surface area contributed by atoms with E-state index in [-0.39, 0.29) is 29.0 Å². The van der Waals surface area contributed by atoms with Crippen LogP contribution in [0.25, 0.3) is 0 Å². The molecule has 0 unspecified atom stereocenters. The number of carbonyl (C=O) groups excluding carboxylic acids is 2. The summed E-state index contributed by atoms with van der Waals surface area (Å²) in [5, 5.41) is 25.1. The number of aliphatic hydroxyl groups excluding tert-OH is 1. The first-order valence-electron chi connectivity index (χ1n) is 10.4. The minimum Gasteiger partial charge on any atom is -0.409 e. The first-order valence-corrected chi connectivity index (χ1v) is 10.4. The first-order chi connectivity index (χ1) is 13.1. The van der Waals surface area contributed by atoms with Gasteiger partial charge in [-0.25, -0.2) is 0 Å². The third kappa shape index (κ3) is 6.09. The largest absolute Gasteiger partial charge is 0.409 e. The molecular weight excluding hydrogens is 360 g/mol. The number of carbonyl (C=O) groups is 2. The summed E-state index contributed by atoms with van der Waals surface area (Å²) in [5.41, 5.74) is 5.52. The second kappa shape index (κ2) is 9.58. The van der Waals surface area contributed by atoms with E-state index >= 15 is 0 Å². The summed E-state index contributed by atoms with van der Waals surface area (Å²) < 4.78 is 0. The van der Waals surface area contributed by atoms with Gasteiger partial charge in [0.1, 0.15) is 18.0 Å². The van der Waals surface area contributed by atoms with Crippen molar-refractivity contribution in [1.29, 1.82) is 0 Å². The molecule has 2 fully saturated rings. The van der Waals surface area contributed by atoms with E-state index < -0.39 is 12.1 Å². The van der Waals surface area contributed by atoms with Crippen LogP contribution in [0.15, 0.2) is 5.16 Å². The SMILES string of the molecule is CC(C)(C)C[C@@H](O)C(=O)N1CCC[C@H]1C(=O)NCC1CCC(C(N)=NO)CC1. The van der Waals surface area contributed by atoms with E-state index in [2.05, 4.69) is 10.5 Å². The summed E-state index contributed by atoms with van der Waals surface area (Å²) in [6.07, 6.45) is 4.25. The van der Waals surface area contributed by atoms with Gasteiger partial charge in [-0.3, -0.25) is 9.59 Å². The van der Waals surface area contributed by atoms with E-state index in [0.717, 1.165) is 32.1 Å². The molecule has 1 aliphatic carbocycles. The number of amides is 2. The molecule has 1 heterocycles. The summed E-state index contributed by atoms with van der Waals surface area (Å²) in [6, 6.07) is -0.490. The standard InChI is InChI=1S/C20H36N4O4/c1-20(2,3)11-16(25)19(27)24-10-4-5-15(24)18(26)22-12-13-6-8-14(9-7-13)17(21)23-28/h13-16,25,28H,4-12H2,1-3H3,(H2,21,23)(H,22,26)/t13?,14?,15-,16+/m0/s1. The van der Waals surface area contributed by atoms with Crippen LogP contribution < -0.4 is 11.1 Å². The fraction of sp³-hybridized carbons (Fsp3) is 0.850. The van der Waals surface area contributed by atoms with E-state index in [9.17, 15) is 14.7 Å². The van der Waals surface area contributed by atoms with Crippen molar-refractivity contribution in [3.63, 3.8) is 0 Å². The molecule has 5 N–H and O–H groups in total. The normalized spacial score (nSPS) is 27.5. The molecule has 1 saturated heterocycles. The summed E-state index contributed by atoms with van der Waals surface area (Å²) >= 11 is 0. The molecule has 160 valence electrons. The highest BCUT2D eigenvalue weighted by atomic mass is 16.4. The Bertz CT molecular complexity index is 579. The van der Waals surface area contributed by atoms with Gasteiger partial charge in [0, 0.05) is 19.0 Å². The van der Waals surface area contributed by atoms with Crippen molar-refractivity contribution in [2.75, 3.05) is 13.1 Å². The van der Waals surface area contributed by atoms with Gasteiger partial charge in [0.05, 0.1) is 0 Å². The van der Waals surface area contributed by atoms with Gasteiger partial charge < -0.3 is 26.3 Å². The lowest BCUT2D eigenvalue weighted by Gasteiger charge is -2.30. The minimum absolute atomic E-state index is 0.115. The number of aliphatic hydroxyl groups is 1. The summed E-state index contributed by atoms with van der Waals surface area (Å²) in [6.45, 7) is 7.03. The van der Waals surface area contributed by atoms with Crippen LogP contribution in [0.5, 0.6) is 0 Å². The Morgan fingerprint density at radius 1 is 1.21 bits per heavy atom. The van der Waals surface area contributed by atoms with Crippen molar-refractivity contribution in [1.82, 2.24) is 10.2 Å². The van der Waals surface area contributed by atoms with Crippen LogP contribution in [0.3, 0.4) is 0 Å². The van der Waals surface area contributed by atoms with E-state index in [1.165, 1.54) is 0 Å². The molecule has 0 aromatic carbocycles. The van der Waals surface area contributed by atoms with Gasteiger partial charge >= 0.3 is 0 Å². The lowest BCUT2D eigenvalue weighted by atomic mass is 9.81. The van der Waals surface area contributed by atoms with Gasteiger partial charge in [0.25, 0.3) is 5.91 Å². The van der Waals surface area contributed by atoms with Gasteiger partial charge in [-0.15, -0.1) is 0 Å². The van der Waals surface area contributed by atoms with Gasteiger partial charge in [-0.1, -0.05) is 25.9 Å². The zero-order valence-electron chi connectivity index (χ0n) is 17.4. The third-order valence-corrected chi connectivity index (χ3v) is 5.87. The average Bonchev–Trinajstić information content (AvgIpc) is 3.13. The van der Waals surface area contributed by atoms with Gasteiger partial charge in [-0.05, 0) is 56.3 Å². The number of amidine groups is 1. The number of nitrogens with one attached hydrogen (secondary N) is 1. The lowest BCUT2D eigenvalue weighted by molar-refractivity contribution is -0.146. The minimum atomic E-state index is -1.07. The molecule has 0 radical (unpaired) electrons. The van der Waals surface area contributed by atoms with E-state index in [1.807, 2.05) is 20.8 Å². The Morgan fingerprint density at radius 2 is 1.86 bits per heavy atom. The van der Waals surface area contributed by atoms with Crippen LogP contribution in [0.4, 0.5) is 0 Å². The number of nitrogens with zero attached hydrogens (tertiary/aromatic N) is 2. The van der Waals surface area contributed by atoms with Crippen molar-refractivity contribution in [3.8, 4) is 0 Å². The van der Waals surface area contributed by atoms with E-state index in [4.69, 9.17) is 10.9 Å². The molecule has 2 amide bonds. The van der Waals surface area contributed by atoms with Crippen LogP contribution in [-0.2, 0) is 9.59 Å². The smallest absolute Gasteiger partial charge is 0.252 e. The second-order valence-electron chi connectivity index (χ2n) is 9.46. The highest BCUT2D eigenvalue weighted by molar-refractivity contribution is 5.90. The van der Waals surface area contributed by atoms with Crippen molar-refractivity contribution >= 4 is 17.6 Å². The Hall–Kier alpha value is -1.83. The van der Waals surface area contributed by atoms with Crippen LogP contribution in [0, 0.1) is 17.3 Å². The van der Waals surface area contributed by atoms with E-state index in [1.54, 1.807) is 4.90 Å². The van der Waals surface area contributed by atoms with Gasteiger partial charge in [0.2, 0.25) is 5.91 Å². The van der Waals surface area contributed by atoms with Crippen LogP contribution in [0.2, 0.25) is 0 Å². The zero-order valence-corrected chi connectivity index (χ0v) is 17.4. The van der Waals surface area contributed by atoms with Gasteiger partial charge in [-0.2, -0.15) is 0 Å². The quantitative estimate of drug-likeness (QED) is 0.234. The summed E-state index contributed by atoms with van der Waals surface area (Å²) in [4.78, 5) is 26.8. The Balaban J connectivity index is 1.82. The molecule has 0 spiro atoms. The summed E-state index contributed by atoms with van der Waals surface area (Å²) in [5.74, 6) is 0.295. The van der Waals surface area contributed by atoms with Crippen molar-refractivity contribution in [2.45, 2.75) is 77.9 Å². The molecule has 2 rings (SSSR count). The molecule has 0 aromatic heterocycles. The van der Waals surface area contributed by atoms with Crippen LogP contribution in [0.1, 0.15) is 65.7 Å². The third-order valence-electron chi connectivity index (χ3n) is 5.87. The fourth-order valence-corrected chi connectivity index (χ4v) is 4.27. The number of rotatable bonds is 6. The highest BCUT2D eigenvalue weighted by Crippen LogP contribution is 2.29. The van der Waals surface area contributed by atoms with E-state index in [0.29, 0.717) is 31.8 Å². The maximum absolute atomic E-state index is 12.7. The molecule has 0 aromatic rings. The fourth-order valence-electron chi connectivity index (χ4n) is 4.27. The van der Waals surface area contributed by atoms with Crippen molar-refractivity contribution in [3.05, 3.63) is 0 Å². The van der Waals surface area contributed by atoms with Crippen molar-refractivity contribution in [2.24, 2.45) is 28.1 Å². The Labute approximate surface area is 167 Å². The number of hydrogen-bond acceptors (Lipinski definition) is 5. The maximum atomic E-state index is 12.7. The zero-order chi connectivity index (χ0) is 20.9. The molecule has 8 heteroatoms. The Kier molecular flexibility index (Phi) is 7.69. The maximum Gasteiger partial charge on any atom is 0.252 e. The monoisotopic (exact) mass is 396 g/mol. The molecule has 1 saturated carbocycles. The molecule has 2 atom stereocenters. The first kappa shape index (κ1) is 22.5. The predicted octanol–water partition coefficient (Wildman–Crippen LogP) is 1.44.